The zero-order valence-electron chi connectivity index (χ0n) is 18.1. The Kier molecular flexibility index (Phi) is 5.51. The molecule has 30 heavy (non-hydrogen) atoms. The van der Waals surface area contributed by atoms with Gasteiger partial charge in [-0.1, -0.05) is 13.0 Å². The summed E-state index contributed by atoms with van der Waals surface area (Å²) in [4.78, 5) is 34.2. The standard InChI is InChI=1S/C22H30N6O2/c1-14-7-9-28(10-8-14)21-24-17(12-20(29)25-21)15(2)23-13-16-5-6-18-19(11-16)27(4)22(30)26(18)3/h5-6,11-12,14-15,23H,7-10,13H2,1-4H3,(H,24,25,29)/t15-/m1/s1. The Bertz CT molecular complexity index is 1170. The first-order chi connectivity index (χ1) is 14.3. The summed E-state index contributed by atoms with van der Waals surface area (Å²) >= 11 is 0. The fourth-order valence-electron chi connectivity index (χ4n) is 4.09. The van der Waals surface area contributed by atoms with E-state index in [2.05, 4.69) is 22.1 Å². The fraction of sp³-hybridized carbons (Fsp3) is 0.500. The zero-order chi connectivity index (χ0) is 21.4. The number of piperidine rings is 1. The van der Waals surface area contributed by atoms with Crippen LogP contribution >= 0.6 is 0 Å². The van der Waals surface area contributed by atoms with Gasteiger partial charge in [0.15, 0.2) is 0 Å². The van der Waals surface area contributed by atoms with Gasteiger partial charge in [0.05, 0.1) is 16.7 Å². The van der Waals surface area contributed by atoms with Crippen molar-refractivity contribution in [2.45, 2.75) is 39.3 Å². The second kappa shape index (κ2) is 8.10. The predicted octanol–water partition coefficient (Wildman–Crippen LogP) is 2.05. The number of aryl methyl sites for hydroxylation is 2. The van der Waals surface area contributed by atoms with Crippen molar-refractivity contribution in [1.82, 2.24) is 24.4 Å². The van der Waals surface area contributed by atoms with E-state index >= 15 is 0 Å². The molecule has 0 saturated carbocycles. The Morgan fingerprint density at radius 3 is 2.57 bits per heavy atom. The van der Waals surface area contributed by atoms with Crippen LogP contribution in [0.15, 0.2) is 33.9 Å². The van der Waals surface area contributed by atoms with E-state index in [0.717, 1.165) is 54.1 Å². The summed E-state index contributed by atoms with van der Waals surface area (Å²) in [5.41, 5.74) is 3.48. The molecule has 0 bridgehead atoms. The molecule has 8 nitrogen and oxygen atoms in total. The number of benzene rings is 1. The van der Waals surface area contributed by atoms with Gasteiger partial charge in [-0.3, -0.25) is 18.9 Å². The van der Waals surface area contributed by atoms with Gasteiger partial charge in [-0.25, -0.2) is 9.78 Å². The van der Waals surface area contributed by atoms with E-state index in [-0.39, 0.29) is 17.3 Å². The van der Waals surface area contributed by atoms with Crippen molar-refractivity contribution in [3.63, 3.8) is 0 Å². The first-order valence-corrected chi connectivity index (χ1v) is 10.6. The van der Waals surface area contributed by atoms with E-state index in [1.165, 1.54) is 0 Å². The number of fused-ring (bicyclic) bond motifs is 1. The van der Waals surface area contributed by atoms with E-state index < -0.39 is 0 Å². The highest BCUT2D eigenvalue weighted by Crippen LogP contribution is 2.21. The van der Waals surface area contributed by atoms with Crippen LogP contribution in [0.25, 0.3) is 11.0 Å². The molecule has 1 aromatic carbocycles. The van der Waals surface area contributed by atoms with Gasteiger partial charge in [-0.2, -0.15) is 0 Å². The molecule has 1 saturated heterocycles. The SMILES string of the molecule is CC1CCN(c2nc([C@@H](C)NCc3ccc4c(c3)n(C)c(=O)n4C)cc(=O)[nH]2)CC1. The Hall–Kier alpha value is -2.87. The highest BCUT2D eigenvalue weighted by atomic mass is 16.1. The third kappa shape index (κ3) is 3.92. The minimum atomic E-state index is -0.122. The highest BCUT2D eigenvalue weighted by Gasteiger charge is 2.19. The molecule has 8 heteroatoms. The van der Waals surface area contributed by atoms with Crippen molar-refractivity contribution >= 4 is 17.0 Å². The van der Waals surface area contributed by atoms with Crippen molar-refractivity contribution < 1.29 is 0 Å². The Morgan fingerprint density at radius 2 is 1.83 bits per heavy atom. The molecule has 1 aliphatic rings. The van der Waals surface area contributed by atoms with Crippen LogP contribution in [-0.4, -0.2) is 32.2 Å². The molecule has 3 aromatic rings. The molecule has 0 radical (unpaired) electrons. The molecule has 3 heterocycles. The van der Waals surface area contributed by atoms with E-state index in [0.29, 0.717) is 12.5 Å². The zero-order valence-corrected chi connectivity index (χ0v) is 18.1. The lowest BCUT2D eigenvalue weighted by atomic mass is 10.00. The minimum Gasteiger partial charge on any atom is -0.342 e. The van der Waals surface area contributed by atoms with Crippen LogP contribution in [0, 0.1) is 5.92 Å². The lowest BCUT2D eigenvalue weighted by Crippen LogP contribution is -2.35. The highest BCUT2D eigenvalue weighted by molar-refractivity contribution is 5.76. The lowest BCUT2D eigenvalue weighted by molar-refractivity contribution is 0.433. The van der Waals surface area contributed by atoms with Crippen molar-refractivity contribution in [3.05, 3.63) is 56.4 Å². The number of imidazole rings is 1. The fourth-order valence-corrected chi connectivity index (χ4v) is 4.09. The van der Waals surface area contributed by atoms with E-state index in [4.69, 9.17) is 4.98 Å². The van der Waals surface area contributed by atoms with E-state index in [9.17, 15) is 9.59 Å². The minimum absolute atomic E-state index is 0.0316. The predicted molar refractivity (Wildman–Crippen MR) is 119 cm³/mol. The molecule has 0 unspecified atom stereocenters. The Balaban J connectivity index is 1.49. The van der Waals surface area contributed by atoms with Gasteiger partial charge in [-0.15, -0.1) is 0 Å². The second-order valence-electron chi connectivity index (χ2n) is 8.49. The van der Waals surface area contributed by atoms with E-state index in [1.807, 2.05) is 25.1 Å². The topological polar surface area (TPSA) is 87.9 Å². The number of hydrogen-bond donors (Lipinski definition) is 2. The van der Waals surface area contributed by atoms with Gasteiger partial charge in [0.25, 0.3) is 5.56 Å². The van der Waals surface area contributed by atoms with Gasteiger partial charge in [0.2, 0.25) is 5.95 Å². The molecular weight excluding hydrogens is 380 g/mol. The maximum absolute atomic E-state index is 12.2. The quantitative estimate of drug-likeness (QED) is 0.672. The van der Waals surface area contributed by atoms with Crippen LogP contribution in [0.5, 0.6) is 0 Å². The van der Waals surface area contributed by atoms with E-state index in [1.54, 1.807) is 29.3 Å². The molecule has 0 spiro atoms. The van der Waals surface area contributed by atoms with Crippen LogP contribution < -0.4 is 21.5 Å². The van der Waals surface area contributed by atoms with Crippen molar-refractivity contribution in [3.8, 4) is 0 Å². The number of hydrogen-bond acceptors (Lipinski definition) is 5. The molecule has 0 amide bonds. The van der Waals surface area contributed by atoms with Crippen molar-refractivity contribution in [1.29, 1.82) is 0 Å². The largest absolute Gasteiger partial charge is 0.342 e. The van der Waals surface area contributed by atoms with Crippen LogP contribution in [0.3, 0.4) is 0 Å². The molecule has 4 rings (SSSR count). The average molecular weight is 411 g/mol. The van der Waals surface area contributed by atoms with Crippen LogP contribution in [0.4, 0.5) is 5.95 Å². The number of nitrogens with one attached hydrogen (secondary N) is 2. The third-order valence-corrected chi connectivity index (χ3v) is 6.22. The molecule has 1 aliphatic heterocycles. The molecule has 0 aliphatic carbocycles. The van der Waals surface area contributed by atoms with Gasteiger partial charge < -0.3 is 10.2 Å². The van der Waals surface area contributed by atoms with Gasteiger partial charge in [0, 0.05) is 45.8 Å². The van der Waals surface area contributed by atoms with Gasteiger partial charge >= 0.3 is 5.69 Å². The van der Waals surface area contributed by atoms with Crippen molar-refractivity contribution in [2.24, 2.45) is 20.0 Å². The van der Waals surface area contributed by atoms with Crippen LogP contribution in [0.2, 0.25) is 0 Å². The summed E-state index contributed by atoms with van der Waals surface area (Å²) < 4.78 is 3.31. The normalized spacial score (nSPS) is 16.3. The molecular formula is C22H30N6O2. The third-order valence-electron chi connectivity index (χ3n) is 6.22. The number of anilines is 1. The number of H-pyrrole nitrogens is 1. The Morgan fingerprint density at radius 1 is 1.13 bits per heavy atom. The molecule has 1 fully saturated rings. The first kappa shape index (κ1) is 20.4. The summed E-state index contributed by atoms with van der Waals surface area (Å²) in [5, 5.41) is 3.46. The van der Waals surface area contributed by atoms with Crippen LogP contribution in [-0.2, 0) is 20.6 Å². The number of aromatic nitrogens is 4. The summed E-state index contributed by atoms with van der Waals surface area (Å²) in [6.07, 6.45) is 2.23. The molecule has 160 valence electrons. The number of aromatic amines is 1. The van der Waals surface area contributed by atoms with Crippen molar-refractivity contribution in [2.75, 3.05) is 18.0 Å². The number of rotatable bonds is 5. The van der Waals surface area contributed by atoms with Crippen LogP contribution in [0.1, 0.15) is 44.0 Å². The maximum atomic E-state index is 12.2. The molecule has 2 N–H and O–H groups in total. The smallest absolute Gasteiger partial charge is 0.328 e. The molecule has 2 aromatic heterocycles. The molecule has 1 atom stereocenters. The monoisotopic (exact) mass is 410 g/mol. The lowest BCUT2D eigenvalue weighted by Gasteiger charge is -2.31. The van der Waals surface area contributed by atoms with Gasteiger partial charge in [-0.05, 0) is 43.4 Å². The summed E-state index contributed by atoms with van der Waals surface area (Å²) in [6, 6.07) is 7.51. The maximum Gasteiger partial charge on any atom is 0.328 e. The first-order valence-electron chi connectivity index (χ1n) is 10.6. The Labute approximate surface area is 175 Å². The van der Waals surface area contributed by atoms with Gasteiger partial charge in [0.1, 0.15) is 0 Å². The summed E-state index contributed by atoms with van der Waals surface area (Å²) in [7, 11) is 3.57. The average Bonchev–Trinajstić information content (AvgIpc) is 2.96. The number of nitrogens with zero attached hydrogens (tertiary/aromatic N) is 4. The summed E-state index contributed by atoms with van der Waals surface area (Å²) in [5.74, 6) is 1.39. The summed E-state index contributed by atoms with van der Waals surface area (Å²) in [6.45, 7) is 6.74. The second-order valence-corrected chi connectivity index (χ2v) is 8.49.